The Kier molecular flexibility index (Phi) is 5.39. The summed E-state index contributed by atoms with van der Waals surface area (Å²) in [5, 5.41) is 12.2. The lowest BCUT2D eigenvalue weighted by atomic mass is 10.1. The lowest BCUT2D eigenvalue weighted by molar-refractivity contribution is 0.171. The minimum Gasteiger partial charge on any atom is -0.364 e. The van der Waals surface area contributed by atoms with Gasteiger partial charge in [0.1, 0.15) is 11.9 Å². The molecule has 2 amide bonds. The van der Waals surface area contributed by atoms with E-state index in [0.717, 1.165) is 25.8 Å². The van der Waals surface area contributed by atoms with Crippen LogP contribution in [-0.2, 0) is 0 Å². The van der Waals surface area contributed by atoms with E-state index in [1.165, 1.54) is 6.20 Å². The Hall–Kier alpha value is -2.07. The second-order valence-corrected chi connectivity index (χ2v) is 5.82. The Morgan fingerprint density at radius 1 is 1.55 bits per heavy atom. The van der Waals surface area contributed by atoms with E-state index in [-0.39, 0.29) is 22.9 Å². The van der Waals surface area contributed by atoms with Crippen LogP contribution in [0.1, 0.15) is 25.0 Å². The zero-order valence-electron chi connectivity index (χ0n) is 12.7. The predicted octanol–water partition coefficient (Wildman–Crippen LogP) is 1.95. The van der Waals surface area contributed by atoms with Crippen LogP contribution in [0.2, 0.25) is 5.15 Å². The Balaban J connectivity index is 2.06. The minimum atomic E-state index is 0.0117. The van der Waals surface area contributed by atoms with E-state index in [0.29, 0.717) is 12.4 Å². The molecule has 0 spiro atoms. The first kappa shape index (κ1) is 16.3. The van der Waals surface area contributed by atoms with E-state index in [9.17, 15) is 4.79 Å². The molecule has 1 aliphatic heterocycles. The number of nitrogens with one attached hydrogen (secondary N) is 1. The lowest BCUT2D eigenvalue weighted by Crippen LogP contribution is -2.44. The van der Waals surface area contributed by atoms with Gasteiger partial charge in [-0.15, -0.1) is 0 Å². The monoisotopic (exact) mass is 322 g/mol. The molecule has 1 aromatic heterocycles. The second-order valence-electron chi connectivity index (χ2n) is 5.47. The van der Waals surface area contributed by atoms with Gasteiger partial charge in [0, 0.05) is 33.2 Å². The number of aromatic nitrogens is 2. The summed E-state index contributed by atoms with van der Waals surface area (Å²) in [7, 11) is 3.50. The topological polar surface area (TPSA) is 85.2 Å². The van der Waals surface area contributed by atoms with Crippen LogP contribution in [0.15, 0.2) is 6.20 Å². The van der Waals surface area contributed by atoms with Crippen molar-refractivity contribution in [1.29, 1.82) is 5.26 Å². The summed E-state index contributed by atoms with van der Waals surface area (Å²) in [6, 6.07) is 1.98. The fourth-order valence-corrected chi connectivity index (χ4v) is 2.62. The van der Waals surface area contributed by atoms with Crippen molar-refractivity contribution in [3.8, 4) is 6.07 Å². The number of anilines is 1. The van der Waals surface area contributed by atoms with Crippen LogP contribution < -0.4 is 5.32 Å². The molecule has 22 heavy (non-hydrogen) atoms. The molecule has 8 heteroatoms. The van der Waals surface area contributed by atoms with Gasteiger partial charge in [-0.05, 0) is 19.3 Å². The summed E-state index contributed by atoms with van der Waals surface area (Å²) < 4.78 is 0. The number of hydrogen-bond acceptors (Lipinski definition) is 5. The van der Waals surface area contributed by atoms with Crippen molar-refractivity contribution in [3.63, 3.8) is 0 Å². The summed E-state index contributed by atoms with van der Waals surface area (Å²) in [4.78, 5) is 23.6. The summed E-state index contributed by atoms with van der Waals surface area (Å²) in [6.45, 7) is 1.37. The molecular weight excluding hydrogens is 304 g/mol. The lowest BCUT2D eigenvalue weighted by Gasteiger charge is -2.28. The molecule has 0 aliphatic carbocycles. The molecule has 2 rings (SSSR count). The number of carbonyl (C=O) groups excluding carboxylic acids is 1. The van der Waals surface area contributed by atoms with Crippen LogP contribution in [0, 0.1) is 11.3 Å². The zero-order valence-corrected chi connectivity index (χ0v) is 13.5. The average molecular weight is 323 g/mol. The zero-order chi connectivity index (χ0) is 16.1. The Morgan fingerprint density at radius 3 is 2.95 bits per heavy atom. The molecule has 0 bridgehead atoms. The minimum absolute atomic E-state index is 0.0117. The highest BCUT2D eigenvalue weighted by molar-refractivity contribution is 6.30. The number of carbonyl (C=O) groups is 1. The van der Waals surface area contributed by atoms with Crippen LogP contribution in [0.5, 0.6) is 0 Å². The number of urea groups is 1. The van der Waals surface area contributed by atoms with E-state index in [1.807, 2.05) is 11.0 Å². The molecule has 1 aromatic rings. The van der Waals surface area contributed by atoms with Gasteiger partial charge in [0.2, 0.25) is 0 Å². The number of nitrogens with zero attached hydrogens (tertiary/aromatic N) is 5. The van der Waals surface area contributed by atoms with Gasteiger partial charge >= 0.3 is 6.03 Å². The molecule has 1 N–H and O–H groups in total. The van der Waals surface area contributed by atoms with Crippen LogP contribution >= 0.6 is 11.6 Å². The van der Waals surface area contributed by atoms with Crippen molar-refractivity contribution in [2.75, 3.05) is 32.5 Å². The molecule has 1 saturated heterocycles. The fourth-order valence-electron chi connectivity index (χ4n) is 2.44. The Labute approximate surface area is 134 Å². The van der Waals surface area contributed by atoms with E-state index >= 15 is 0 Å². The van der Waals surface area contributed by atoms with Gasteiger partial charge in [0.05, 0.1) is 6.20 Å². The normalized spacial score (nSPS) is 18.3. The third-order valence-corrected chi connectivity index (χ3v) is 3.78. The molecule has 1 atom stereocenters. The maximum absolute atomic E-state index is 12.1. The van der Waals surface area contributed by atoms with Crippen molar-refractivity contribution in [1.82, 2.24) is 19.8 Å². The smallest absolute Gasteiger partial charge is 0.319 e. The van der Waals surface area contributed by atoms with Crippen LogP contribution in [-0.4, -0.2) is 59.0 Å². The van der Waals surface area contributed by atoms with Crippen molar-refractivity contribution in [3.05, 3.63) is 17.0 Å². The van der Waals surface area contributed by atoms with Gasteiger partial charge in [-0.2, -0.15) is 5.26 Å². The van der Waals surface area contributed by atoms with Gasteiger partial charge in [0.25, 0.3) is 0 Å². The highest BCUT2D eigenvalue weighted by atomic mass is 35.5. The van der Waals surface area contributed by atoms with Gasteiger partial charge in [-0.1, -0.05) is 11.6 Å². The Bertz CT molecular complexity index is 585. The second kappa shape index (κ2) is 7.27. The van der Waals surface area contributed by atoms with E-state index in [1.54, 1.807) is 19.0 Å². The predicted molar refractivity (Wildman–Crippen MR) is 83.7 cm³/mol. The third kappa shape index (κ3) is 3.98. The SMILES string of the molecule is CN(C)C(=O)N1CCCCC(Nc2cnc(C#N)c(Cl)n2)C1. The van der Waals surface area contributed by atoms with Gasteiger partial charge in [-0.25, -0.2) is 14.8 Å². The number of nitriles is 1. The van der Waals surface area contributed by atoms with Gasteiger partial charge < -0.3 is 15.1 Å². The standard InChI is InChI=1S/C14H19ClN6O/c1-20(2)14(22)21-6-4-3-5-10(9-21)18-12-8-17-11(7-16)13(15)19-12/h8,10H,3-6,9H2,1-2H3,(H,18,19). The van der Waals surface area contributed by atoms with E-state index in [2.05, 4.69) is 15.3 Å². The summed E-state index contributed by atoms with van der Waals surface area (Å²) in [5.41, 5.74) is 0.109. The van der Waals surface area contributed by atoms with Crippen LogP contribution in [0.25, 0.3) is 0 Å². The van der Waals surface area contributed by atoms with E-state index in [4.69, 9.17) is 16.9 Å². The maximum Gasteiger partial charge on any atom is 0.319 e. The molecular formula is C14H19ClN6O. The quantitative estimate of drug-likeness (QED) is 0.899. The summed E-state index contributed by atoms with van der Waals surface area (Å²) >= 11 is 5.89. The first-order valence-electron chi connectivity index (χ1n) is 7.16. The van der Waals surface area contributed by atoms with Crippen LogP contribution in [0.4, 0.5) is 10.6 Å². The molecule has 7 nitrogen and oxygen atoms in total. The van der Waals surface area contributed by atoms with Gasteiger partial charge in [0.15, 0.2) is 10.8 Å². The highest BCUT2D eigenvalue weighted by Gasteiger charge is 2.23. The first-order valence-corrected chi connectivity index (χ1v) is 7.54. The molecule has 1 fully saturated rings. The first-order chi connectivity index (χ1) is 10.5. The fraction of sp³-hybridized carbons (Fsp3) is 0.571. The molecule has 0 saturated carbocycles. The van der Waals surface area contributed by atoms with Crippen molar-refractivity contribution >= 4 is 23.4 Å². The average Bonchev–Trinajstić information content (AvgIpc) is 2.72. The summed E-state index contributed by atoms with van der Waals surface area (Å²) in [5.74, 6) is 0.521. The van der Waals surface area contributed by atoms with Gasteiger partial charge in [-0.3, -0.25) is 0 Å². The maximum atomic E-state index is 12.1. The third-order valence-electron chi connectivity index (χ3n) is 3.51. The molecule has 2 heterocycles. The number of rotatable bonds is 2. The molecule has 0 radical (unpaired) electrons. The highest BCUT2D eigenvalue weighted by Crippen LogP contribution is 2.18. The van der Waals surface area contributed by atoms with Crippen molar-refractivity contribution in [2.45, 2.75) is 25.3 Å². The van der Waals surface area contributed by atoms with Crippen LogP contribution in [0.3, 0.4) is 0 Å². The number of amides is 2. The molecule has 1 unspecified atom stereocenters. The largest absolute Gasteiger partial charge is 0.364 e. The summed E-state index contributed by atoms with van der Waals surface area (Å²) in [6.07, 6.45) is 4.45. The van der Waals surface area contributed by atoms with Crippen molar-refractivity contribution in [2.24, 2.45) is 0 Å². The number of halogens is 1. The number of hydrogen-bond donors (Lipinski definition) is 1. The molecule has 0 aromatic carbocycles. The number of likely N-dealkylation sites (tertiary alicyclic amines) is 1. The van der Waals surface area contributed by atoms with Crippen molar-refractivity contribution < 1.29 is 4.79 Å². The molecule has 118 valence electrons. The molecule has 1 aliphatic rings. The van der Waals surface area contributed by atoms with E-state index < -0.39 is 0 Å². The Morgan fingerprint density at radius 2 is 2.32 bits per heavy atom.